The Hall–Kier alpha value is -2.45. The van der Waals surface area contributed by atoms with Crippen molar-refractivity contribution in [3.8, 4) is 5.75 Å². The smallest absolute Gasteiger partial charge is 0.244 e. The van der Waals surface area contributed by atoms with E-state index in [4.69, 9.17) is 4.74 Å². The standard InChI is InChI=1S/C20H25N3O4S/c1-3-27-18-8-6-17(7-9-18)22(2)20(24)16-10-13-23(14-11-16)28(25,26)19-5-4-12-21-15-19/h4-9,12,15-16H,3,10-11,13-14H2,1-2H3. The molecule has 1 aliphatic heterocycles. The number of piperidine rings is 1. The fraction of sp³-hybridized carbons (Fsp3) is 0.400. The summed E-state index contributed by atoms with van der Waals surface area (Å²) in [6.45, 7) is 3.16. The van der Waals surface area contributed by atoms with Crippen molar-refractivity contribution < 1.29 is 17.9 Å². The predicted octanol–water partition coefficient (Wildman–Crippen LogP) is 2.54. The number of rotatable bonds is 6. The third kappa shape index (κ3) is 4.34. The van der Waals surface area contributed by atoms with Crippen LogP contribution in [0.2, 0.25) is 0 Å². The molecule has 0 unspecified atom stereocenters. The molecule has 0 bridgehead atoms. The zero-order valence-corrected chi connectivity index (χ0v) is 16.9. The van der Waals surface area contributed by atoms with Gasteiger partial charge in [-0.3, -0.25) is 9.78 Å². The first-order chi connectivity index (χ1) is 13.4. The minimum absolute atomic E-state index is 0.00239. The van der Waals surface area contributed by atoms with E-state index in [9.17, 15) is 13.2 Å². The van der Waals surface area contributed by atoms with E-state index in [1.54, 1.807) is 30.3 Å². The van der Waals surface area contributed by atoms with Crippen LogP contribution in [0.25, 0.3) is 0 Å². The number of hydrogen-bond donors (Lipinski definition) is 0. The molecule has 1 aromatic heterocycles. The first-order valence-electron chi connectivity index (χ1n) is 9.34. The van der Waals surface area contributed by atoms with E-state index in [2.05, 4.69) is 4.98 Å². The van der Waals surface area contributed by atoms with E-state index in [1.807, 2.05) is 31.2 Å². The highest BCUT2D eigenvalue weighted by Gasteiger charge is 2.33. The minimum Gasteiger partial charge on any atom is -0.494 e. The summed E-state index contributed by atoms with van der Waals surface area (Å²) >= 11 is 0. The summed E-state index contributed by atoms with van der Waals surface area (Å²) in [6, 6.07) is 10.5. The van der Waals surface area contributed by atoms with Gasteiger partial charge in [-0.05, 0) is 56.2 Å². The Morgan fingerprint density at radius 2 is 1.89 bits per heavy atom. The number of aromatic nitrogens is 1. The van der Waals surface area contributed by atoms with E-state index in [1.165, 1.54) is 10.5 Å². The molecular weight excluding hydrogens is 378 g/mol. The Labute approximate surface area is 166 Å². The number of hydrogen-bond acceptors (Lipinski definition) is 5. The van der Waals surface area contributed by atoms with Crippen LogP contribution in [0.15, 0.2) is 53.7 Å². The molecule has 3 rings (SSSR count). The second-order valence-corrected chi connectivity index (χ2v) is 8.63. The number of amides is 1. The van der Waals surface area contributed by atoms with Crippen molar-refractivity contribution >= 4 is 21.6 Å². The molecule has 1 aromatic carbocycles. The van der Waals surface area contributed by atoms with Crippen LogP contribution < -0.4 is 9.64 Å². The third-order valence-corrected chi connectivity index (χ3v) is 6.82. The second-order valence-electron chi connectivity index (χ2n) is 6.69. The van der Waals surface area contributed by atoms with Crippen LogP contribution in [0.1, 0.15) is 19.8 Å². The van der Waals surface area contributed by atoms with E-state index in [-0.39, 0.29) is 16.7 Å². The molecule has 1 saturated heterocycles. The highest BCUT2D eigenvalue weighted by Crippen LogP contribution is 2.27. The van der Waals surface area contributed by atoms with Crippen molar-refractivity contribution in [3.63, 3.8) is 0 Å². The van der Waals surface area contributed by atoms with Gasteiger partial charge in [-0.25, -0.2) is 8.42 Å². The zero-order valence-electron chi connectivity index (χ0n) is 16.1. The summed E-state index contributed by atoms with van der Waals surface area (Å²) in [5.74, 6) is 0.570. The summed E-state index contributed by atoms with van der Waals surface area (Å²) in [5, 5.41) is 0. The van der Waals surface area contributed by atoms with E-state index in [0.29, 0.717) is 32.5 Å². The Morgan fingerprint density at radius 3 is 2.46 bits per heavy atom. The predicted molar refractivity (Wildman–Crippen MR) is 107 cm³/mol. The molecule has 28 heavy (non-hydrogen) atoms. The molecule has 8 heteroatoms. The lowest BCUT2D eigenvalue weighted by Gasteiger charge is -2.32. The number of carbonyl (C=O) groups is 1. The van der Waals surface area contributed by atoms with Crippen LogP contribution in [0.4, 0.5) is 5.69 Å². The quantitative estimate of drug-likeness (QED) is 0.741. The molecule has 2 aromatic rings. The zero-order chi connectivity index (χ0) is 20.1. The fourth-order valence-electron chi connectivity index (χ4n) is 3.33. The number of carbonyl (C=O) groups excluding carboxylic acids is 1. The van der Waals surface area contributed by atoms with Gasteiger partial charge in [0.25, 0.3) is 0 Å². The Morgan fingerprint density at radius 1 is 1.21 bits per heavy atom. The maximum Gasteiger partial charge on any atom is 0.244 e. The van der Waals surface area contributed by atoms with Gasteiger partial charge in [0.2, 0.25) is 15.9 Å². The molecule has 0 saturated carbocycles. The number of anilines is 1. The Kier molecular flexibility index (Phi) is 6.31. The molecule has 0 aliphatic carbocycles. The molecule has 0 N–H and O–H groups in total. The first-order valence-corrected chi connectivity index (χ1v) is 10.8. The summed E-state index contributed by atoms with van der Waals surface area (Å²) < 4.78 is 32.2. The van der Waals surface area contributed by atoms with Gasteiger partial charge in [0, 0.05) is 44.1 Å². The number of sulfonamides is 1. The van der Waals surface area contributed by atoms with Crippen molar-refractivity contribution in [2.24, 2.45) is 5.92 Å². The number of nitrogens with zero attached hydrogens (tertiary/aromatic N) is 3. The highest BCUT2D eigenvalue weighted by atomic mass is 32.2. The topological polar surface area (TPSA) is 79.8 Å². The number of pyridine rings is 1. The van der Waals surface area contributed by atoms with Crippen molar-refractivity contribution in [1.29, 1.82) is 0 Å². The van der Waals surface area contributed by atoms with Gasteiger partial charge < -0.3 is 9.64 Å². The van der Waals surface area contributed by atoms with E-state index >= 15 is 0 Å². The van der Waals surface area contributed by atoms with Crippen LogP contribution in [-0.2, 0) is 14.8 Å². The normalized spacial score (nSPS) is 15.9. The molecule has 0 spiro atoms. The van der Waals surface area contributed by atoms with E-state index in [0.717, 1.165) is 11.4 Å². The minimum atomic E-state index is -3.56. The summed E-state index contributed by atoms with van der Waals surface area (Å²) in [7, 11) is -1.82. The summed E-state index contributed by atoms with van der Waals surface area (Å²) in [5.41, 5.74) is 0.791. The second kappa shape index (κ2) is 8.70. The van der Waals surface area contributed by atoms with Gasteiger partial charge in [0.15, 0.2) is 0 Å². The molecule has 150 valence electrons. The van der Waals surface area contributed by atoms with Crippen LogP contribution in [0, 0.1) is 5.92 Å². The average molecular weight is 404 g/mol. The molecule has 2 heterocycles. The lowest BCUT2D eigenvalue weighted by molar-refractivity contribution is -0.123. The van der Waals surface area contributed by atoms with Gasteiger partial charge >= 0.3 is 0 Å². The fourth-order valence-corrected chi connectivity index (χ4v) is 4.76. The molecule has 0 atom stereocenters. The van der Waals surface area contributed by atoms with Crippen molar-refractivity contribution in [2.75, 3.05) is 31.6 Å². The Balaban J connectivity index is 1.62. The lowest BCUT2D eigenvalue weighted by Crippen LogP contribution is -2.43. The van der Waals surface area contributed by atoms with Crippen molar-refractivity contribution in [3.05, 3.63) is 48.8 Å². The third-order valence-electron chi connectivity index (χ3n) is 4.94. The number of ether oxygens (including phenoxy) is 1. The molecule has 1 fully saturated rings. The van der Waals surface area contributed by atoms with Gasteiger partial charge in [0.05, 0.1) is 6.61 Å². The van der Waals surface area contributed by atoms with Crippen LogP contribution >= 0.6 is 0 Å². The summed E-state index contributed by atoms with van der Waals surface area (Å²) in [4.78, 5) is 18.6. The van der Waals surface area contributed by atoms with Crippen molar-refractivity contribution in [2.45, 2.75) is 24.7 Å². The van der Waals surface area contributed by atoms with Gasteiger partial charge in [-0.1, -0.05) is 0 Å². The van der Waals surface area contributed by atoms with Crippen LogP contribution in [-0.4, -0.2) is 50.4 Å². The monoisotopic (exact) mass is 403 g/mol. The molecule has 7 nitrogen and oxygen atoms in total. The Bertz CT molecular complexity index is 893. The van der Waals surface area contributed by atoms with Gasteiger partial charge in [-0.15, -0.1) is 0 Å². The molecule has 1 aliphatic rings. The highest BCUT2D eigenvalue weighted by molar-refractivity contribution is 7.89. The van der Waals surface area contributed by atoms with E-state index < -0.39 is 10.0 Å². The molecular formula is C20H25N3O4S. The largest absolute Gasteiger partial charge is 0.494 e. The maximum atomic E-state index is 12.9. The molecule has 0 radical (unpaired) electrons. The average Bonchev–Trinajstić information content (AvgIpc) is 2.74. The molecule has 1 amide bonds. The SMILES string of the molecule is CCOc1ccc(N(C)C(=O)C2CCN(S(=O)(=O)c3cccnc3)CC2)cc1. The first kappa shape index (κ1) is 20.3. The van der Waals surface area contributed by atoms with Crippen LogP contribution in [0.5, 0.6) is 5.75 Å². The number of benzene rings is 1. The van der Waals surface area contributed by atoms with Crippen molar-refractivity contribution in [1.82, 2.24) is 9.29 Å². The summed E-state index contributed by atoms with van der Waals surface area (Å²) in [6.07, 6.45) is 3.90. The van der Waals surface area contributed by atoms with Gasteiger partial charge in [0.1, 0.15) is 10.6 Å². The van der Waals surface area contributed by atoms with Gasteiger partial charge in [-0.2, -0.15) is 4.31 Å². The van der Waals surface area contributed by atoms with Crippen LogP contribution in [0.3, 0.4) is 0 Å². The lowest BCUT2D eigenvalue weighted by atomic mass is 9.96. The maximum absolute atomic E-state index is 12.9.